The van der Waals surface area contributed by atoms with Crippen LogP contribution >= 0.6 is 11.6 Å². The molecule has 0 aliphatic heterocycles. The van der Waals surface area contributed by atoms with Gasteiger partial charge in [-0.25, -0.2) is 4.98 Å². The van der Waals surface area contributed by atoms with Gasteiger partial charge in [-0.2, -0.15) is 0 Å². The number of halogens is 1. The lowest BCUT2D eigenvalue weighted by Gasteiger charge is -2.13. The predicted octanol–water partition coefficient (Wildman–Crippen LogP) is 3.84. The fourth-order valence-electron chi connectivity index (χ4n) is 2.31. The van der Waals surface area contributed by atoms with Crippen molar-refractivity contribution in [3.63, 3.8) is 0 Å². The maximum atomic E-state index is 12.4. The Balaban J connectivity index is 2.18. The molecule has 122 valence electrons. The van der Waals surface area contributed by atoms with Crippen LogP contribution in [-0.4, -0.2) is 15.9 Å². The fraction of sp³-hybridized carbons (Fsp3) is 0.167. The van der Waals surface area contributed by atoms with Crippen molar-refractivity contribution in [3.05, 3.63) is 57.8 Å². The van der Waals surface area contributed by atoms with E-state index in [2.05, 4.69) is 15.3 Å². The summed E-state index contributed by atoms with van der Waals surface area (Å²) in [5.41, 5.74) is 2.19. The molecule has 0 radical (unpaired) electrons. The zero-order valence-electron chi connectivity index (χ0n) is 13.3. The van der Waals surface area contributed by atoms with Crippen LogP contribution in [-0.2, 0) is 4.79 Å². The van der Waals surface area contributed by atoms with E-state index in [1.165, 1.54) is 0 Å². The Bertz CT molecular complexity index is 979. The van der Waals surface area contributed by atoms with Crippen LogP contribution in [0.5, 0.6) is 0 Å². The van der Waals surface area contributed by atoms with Gasteiger partial charge in [0.15, 0.2) is 0 Å². The standard InChI is InChI=1S/C18H16ClN3O2/c1-10(2)17(23)21-13-8-7-11(19)9-12(13)16-18(24)22-15-6-4-3-5-14(15)20-16/h3-10H,1-2H3,(H,21,23)(H,22,24). The monoisotopic (exact) mass is 341 g/mol. The molecule has 6 heteroatoms. The van der Waals surface area contributed by atoms with E-state index >= 15 is 0 Å². The third-order valence-electron chi connectivity index (χ3n) is 3.62. The first kappa shape index (κ1) is 16.2. The van der Waals surface area contributed by atoms with Gasteiger partial charge in [-0.3, -0.25) is 9.59 Å². The molecule has 1 heterocycles. The Morgan fingerprint density at radius 2 is 1.96 bits per heavy atom. The van der Waals surface area contributed by atoms with Gasteiger partial charge in [0.25, 0.3) is 5.56 Å². The number of rotatable bonds is 3. The van der Waals surface area contributed by atoms with Gasteiger partial charge < -0.3 is 10.3 Å². The molecule has 0 atom stereocenters. The lowest BCUT2D eigenvalue weighted by atomic mass is 10.1. The van der Waals surface area contributed by atoms with E-state index in [0.29, 0.717) is 27.3 Å². The van der Waals surface area contributed by atoms with Crippen LogP contribution in [0.15, 0.2) is 47.3 Å². The molecular weight excluding hydrogens is 326 g/mol. The first-order valence-electron chi connectivity index (χ1n) is 7.55. The van der Waals surface area contributed by atoms with E-state index in [4.69, 9.17) is 11.6 Å². The minimum Gasteiger partial charge on any atom is -0.325 e. The van der Waals surface area contributed by atoms with Crippen molar-refractivity contribution >= 4 is 34.2 Å². The summed E-state index contributed by atoms with van der Waals surface area (Å²) >= 11 is 6.08. The number of amides is 1. The van der Waals surface area contributed by atoms with E-state index in [-0.39, 0.29) is 23.1 Å². The second kappa shape index (κ2) is 6.45. The number of fused-ring (bicyclic) bond motifs is 1. The average Bonchev–Trinajstić information content (AvgIpc) is 2.55. The van der Waals surface area contributed by atoms with Gasteiger partial charge >= 0.3 is 0 Å². The highest BCUT2D eigenvalue weighted by molar-refractivity contribution is 6.31. The summed E-state index contributed by atoms with van der Waals surface area (Å²) in [5.74, 6) is -0.327. The van der Waals surface area contributed by atoms with Crippen molar-refractivity contribution in [1.29, 1.82) is 0 Å². The molecule has 0 unspecified atom stereocenters. The number of para-hydroxylation sites is 2. The molecule has 3 aromatic rings. The van der Waals surface area contributed by atoms with Gasteiger partial charge in [0.1, 0.15) is 5.69 Å². The van der Waals surface area contributed by atoms with Crippen molar-refractivity contribution in [3.8, 4) is 11.3 Å². The summed E-state index contributed by atoms with van der Waals surface area (Å²) in [5, 5.41) is 3.28. The molecule has 24 heavy (non-hydrogen) atoms. The largest absolute Gasteiger partial charge is 0.325 e. The molecule has 5 nitrogen and oxygen atoms in total. The van der Waals surface area contributed by atoms with Gasteiger partial charge in [-0.15, -0.1) is 0 Å². The van der Waals surface area contributed by atoms with Crippen LogP contribution in [0.1, 0.15) is 13.8 Å². The van der Waals surface area contributed by atoms with E-state index in [1.54, 1.807) is 38.1 Å². The zero-order chi connectivity index (χ0) is 17.3. The number of aromatic nitrogens is 2. The van der Waals surface area contributed by atoms with Crippen molar-refractivity contribution in [1.82, 2.24) is 9.97 Å². The smallest absolute Gasteiger partial charge is 0.275 e. The molecule has 1 amide bonds. The van der Waals surface area contributed by atoms with Crippen LogP contribution in [0.4, 0.5) is 5.69 Å². The van der Waals surface area contributed by atoms with Gasteiger partial charge in [0, 0.05) is 16.5 Å². The Labute approximate surface area is 143 Å². The zero-order valence-corrected chi connectivity index (χ0v) is 14.0. The van der Waals surface area contributed by atoms with Crippen molar-refractivity contribution in [2.75, 3.05) is 5.32 Å². The third-order valence-corrected chi connectivity index (χ3v) is 3.85. The Kier molecular flexibility index (Phi) is 4.36. The number of carbonyl (C=O) groups excluding carboxylic acids is 1. The minimum absolute atomic E-state index is 0.143. The van der Waals surface area contributed by atoms with Crippen LogP contribution in [0.25, 0.3) is 22.3 Å². The fourth-order valence-corrected chi connectivity index (χ4v) is 2.48. The van der Waals surface area contributed by atoms with E-state index in [0.717, 1.165) is 0 Å². The van der Waals surface area contributed by atoms with Gasteiger partial charge in [-0.05, 0) is 30.3 Å². The number of H-pyrrole nitrogens is 1. The summed E-state index contributed by atoms with van der Waals surface area (Å²) in [6.45, 7) is 3.60. The Morgan fingerprint density at radius 1 is 1.21 bits per heavy atom. The number of anilines is 1. The van der Waals surface area contributed by atoms with Gasteiger partial charge in [0.05, 0.1) is 16.7 Å². The van der Waals surface area contributed by atoms with Crippen LogP contribution < -0.4 is 10.9 Å². The summed E-state index contributed by atoms with van der Waals surface area (Å²) in [6.07, 6.45) is 0. The summed E-state index contributed by atoms with van der Waals surface area (Å²) in [6, 6.07) is 12.2. The molecular formula is C18H16ClN3O2. The Morgan fingerprint density at radius 3 is 2.71 bits per heavy atom. The third kappa shape index (κ3) is 3.16. The average molecular weight is 342 g/mol. The van der Waals surface area contributed by atoms with Crippen LogP contribution in [0, 0.1) is 5.92 Å². The number of nitrogens with one attached hydrogen (secondary N) is 2. The van der Waals surface area contributed by atoms with Crippen molar-refractivity contribution in [2.24, 2.45) is 5.92 Å². The van der Waals surface area contributed by atoms with Crippen molar-refractivity contribution in [2.45, 2.75) is 13.8 Å². The topological polar surface area (TPSA) is 74.8 Å². The van der Waals surface area contributed by atoms with Crippen molar-refractivity contribution < 1.29 is 4.79 Å². The first-order chi connectivity index (χ1) is 11.5. The SMILES string of the molecule is CC(C)C(=O)Nc1ccc(Cl)cc1-c1nc2ccccc2[nH]c1=O. The van der Waals surface area contributed by atoms with E-state index in [1.807, 2.05) is 18.2 Å². The number of benzene rings is 2. The second-order valence-electron chi connectivity index (χ2n) is 5.77. The summed E-state index contributed by atoms with van der Waals surface area (Å²) < 4.78 is 0. The maximum Gasteiger partial charge on any atom is 0.275 e. The number of hydrogen-bond acceptors (Lipinski definition) is 3. The van der Waals surface area contributed by atoms with E-state index < -0.39 is 0 Å². The maximum absolute atomic E-state index is 12.4. The predicted molar refractivity (Wildman–Crippen MR) is 96.3 cm³/mol. The molecule has 0 spiro atoms. The summed E-state index contributed by atoms with van der Waals surface area (Å²) in [4.78, 5) is 31.7. The number of aromatic amines is 1. The normalized spacial score (nSPS) is 11.0. The first-order valence-corrected chi connectivity index (χ1v) is 7.93. The molecule has 0 saturated carbocycles. The molecule has 0 bridgehead atoms. The molecule has 2 aromatic carbocycles. The Hall–Kier alpha value is -2.66. The molecule has 0 saturated heterocycles. The lowest BCUT2D eigenvalue weighted by molar-refractivity contribution is -0.118. The van der Waals surface area contributed by atoms with Crippen LogP contribution in [0.3, 0.4) is 0 Å². The number of hydrogen-bond donors (Lipinski definition) is 2. The quantitative estimate of drug-likeness (QED) is 0.760. The van der Waals surface area contributed by atoms with E-state index in [9.17, 15) is 9.59 Å². The molecule has 0 aliphatic rings. The molecule has 0 fully saturated rings. The summed E-state index contributed by atoms with van der Waals surface area (Å²) in [7, 11) is 0. The molecule has 1 aromatic heterocycles. The number of carbonyl (C=O) groups is 1. The highest BCUT2D eigenvalue weighted by Crippen LogP contribution is 2.29. The number of nitrogens with zero attached hydrogens (tertiary/aromatic N) is 1. The van der Waals surface area contributed by atoms with Gasteiger partial charge in [-0.1, -0.05) is 37.6 Å². The second-order valence-corrected chi connectivity index (χ2v) is 6.20. The highest BCUT2D eigenvalue weighted by Gasteiger charge is 2.16. The molecule has 3 rings (SSSR count). The molecule has 2 N–H and O–H groups in total. The van der Waals surface area contributed by atoms with Crippen LogP contribution in [0.2, 0.25) is 5.02 Å². The lowest BCUT2D eigenvalue weighted by Crippen LogP contribution is -2.19. The molecule has 0 aliphatic carbocycles. The highest BCUT2D eigenvalue weighted by atomic mass is 35.5. The minimum atomic E-state index is -0.337. The van der Waals surface area contributed by atoms with Gasteiger partial charge in [0.2, 0.25) is 5.91 Å².